The number of halogens is 1. The van der Waals surface area contributed by atoms with Crippen LogP contribution in [0.15, 0.2) is 18.2 Å². The van der Waals surface area contributed by atoms with E-state index in [1.165, 1.54) is 19.2 Å². The Morgan fingerprint density at radius 2 is 2.05 bits per heavy atom. The maximum atomic E-state index is 13.3. The lowest BCUT2D eigenvalue weighted by atomic mass is 10.0. The predicted octanol–water partition coefficient (Wildman–Crippen LogP) is 2.37. The molecule has 0 heterocycles. The summed E-state index contributed by atoms with van der Waals surface area (Å²) in [7, 11) is 2.89. The highest BCUT2D eigenvalue weighted by molar-refractivity contribution is 5.79. The zero-order chi connectivity index (χ0) is 14.4. The van der Waals surface area contributed by atoms with Crippen LogP contribution in [0.3, 0.4) is 0 Å². The van der Waals surface area contributed by atoms with Crippen molar-refractivity contribution in [2.45, 2.75) is 19.9 Å². The molecule has 0 fully saturated rings. The first-order valence-electron chi connectivity index (χ1n) is 6.08. The van der Waals surface area contributed by atoms with E-state index in [-0.39, 0.29) is 11.7 Å². The Bertz CT molecular complexity index is 416. The summed E-state index contributed by atoms with van der Waals surface area (Å²) in [6.07, 6.45) is 0. The van der Waals surface area contributed by atoms with Crippen molar-refractivity contribution in [3.8, 4) is 0 Å². The van der Waals surface area contributed by atoms with E-state index in [2.05, 4.69) is 5.32 Å². The number of rotatable bonds is 6. The van der Waals surface area contributed by atoms with Crippen LogP contribution in [0, 0.1) is 18.7 Å². The molecule has 2 atom stereocenters. The van der Waals surface area contributed by atoms with Crippen molar-refractivity contribution in [3.05, 3.63) is 29.6 Å². The van der Waals surface area contributed by atoms with Gasteiger partial charge < -0.3 is 14.8 Å². The van der Waals surface area contributed by atoms with Gasteiger partial charge in [-0.15, -0.1) is 0 Å². The molecule has 4 nitrogen and oxygen atoms in total. The lowest BCUT2D eigenvalue weighted by Gasteiger charge is -2.23. The number of hydrogen-bond acceptors (Lipinski definition) is 4. The fraction of sp³-hybridized carbons (Fsp3) is 0.500. The van der Waals surface area contributed by atoms with Gasteiger partial charge >= 0.3 is 5.97 Å². The van der Waals surface area contributed by atoms with E-state index in [0.717, 1.165) is 5.56 Å². The molecule has 0 bridgehead atoms. The van der Waals surface area contributed by atoms with E-state index < -0.39 is 12.0 Å². The number of esters is 1. The molecule has 2 unspecified atom stereocenters. The molecule has 5 heteroatoms. The first-order chi connectivity index (χ1) is 8.97. The third-order valence-corrected chi connectivity index (χ3v) is 2.82. The number of nitrogens with one attached hydrogen (secondary N) is 1. The van der Waals surface area contributed by atoms with Gasteiger partial charge in [0.1, 0.15) is 11.9 Å². The van der Waals surface area contributed by atoms with Gasteiger partial charge in [-0.2, -0.15) is 0 Å². The summed E-state index contributed by atoms with van der Waals surface area (Å²) in [5, 5.41) is 3.00. The molecule has 1 aromatic rings. The molecule has 0 aliphatic heterocycles. The number of aryl methyl sites for hydroxylation is 1. The molecule has 0 amide bonds. The molecular formula is C14H20FNO3. The average molecular weight is 269 g/mol. The van der Waals surface area contributed by atoms with Gasteiger partial charge in [0.15, 0.2) is 0 Å². The van der Waals surface area contributed by atoms with Gasteiger partial charge in [-0.3, -0.25) is 0 Å². The first-order valence-corrected chi connectivity index (χ1v) is 6.08. The molecule has 0 saturated carbocycles. The van der Waals surface area contributed by atoms with Crippen LogP contribution in [0.25, 0.3) is 0 Å². The maximum Gasteiger partial charge on any atom is 0.328 e. The summed E-state index contributed by atoms with van der Waals surface area (Å²) >= 11 is 0. The van der Waals surface area contributed by atoms with Gasteiger partial charge in [-0.25, -0.2) is 9.18 Å². The number of ether oxygens (including phenoxy) is 2. The van der Waals surface area contributed by atoms with E-state index in [1.807, 2.05) is 6.92 Å². The third kappa shape index (κ3) is 4.52. The fourth-order valence-corrected chi connectivity index (χ4v) is 1.92. The quantitative estimate of drug-likeness (QED) is 0.805. The van der Waals surface area contributed by atoms with E-state index >= 15 is 0 Å². The van der Waals surface area contributed by atoms with Crippen molar-refractivity contribution in [1.82, 2.24) is 0 Å². The summed E-state index contributed by atoms with van der Waals surface area (Å²) in [6, 6.07) is 3.98. The highest BCUT2D eigenvalue weighted by atomic mass is 19.1. The van der Waals surface area contributed by atoms with Crippen LogP contribution in [0.4, 0.5) is 10.1 Å². The summed E-state index contributed by atoms with van der Waals surface area (Å²) in [6.45, 7) is 4.06. The van der Waals surface area contributed by atoms with Crippen LogP contribution >= 0.6 is 0 Å². The molecule has 0 radical (unpaired) electrons. The smallest absolute Gasteiger partial charge is 0.328 e. The second-order valence-electron chi connectivity index (χ2n) is 4.60. The van der Waals surface area contributed by atoms with Gasteiger partial charge in [0.25, 0.3) is 0 Å². The Morgan fingerprint density at radius 3 is 2.58 bits per heavy atom. The van der Waals surface area contributed by atoms with E-state index in [1.54, 1.807) is 20.1 Å². The average Bonchev–Trinajstić information content (AvgIpc) is 2.34. The molecule has 0 aliphatic rings. The molecule has 0 spiro atoms. The maximum absolute atomic E-state index is 13.3. The van der Waals surface area contributed by atoms with E-state index in [0.29, 0.717) is 12.3 Å². The van der Waals surface area contributed by atoms with Crippen molar-refractivity contribution < 1.29 is 18.7 Å². The van der Waals surface area contributed by atoms with Crippen molar-refractivity contribution in [3.63, 3.8) is 0 Å². The van der Waals surface area contributed by atoms with Crippen LogP contribution in [0.2, 0.25) is 0 Å². The van der Waals surface area contributed by atoms with Crippen molar-refractivity contribution >= 4 is 11.7 Å². The molecule has 106 valence electrons. The Labute approximate surface area is 112 Å². The van der Waals surface area contributed by atoms with Gasteiger partial charge in [0.2, 0.25) is 0 Å². The van der Waals surface area contributed by atoms with Crippen molar-refractivity contribution in [1.29, 1.82) is 0 Å². The topological polar surface area (TPSA) is 47.6 Å². The van der Waals surface area contributed by atoms with E-state index in [4.69, 9.17) is 9.47 Å². The molecule has 1 N–H and O–H groups in total. The Hall–Kier alpha value is -1.62. The number of carbonyl (C=O) groups excluding carboxylic acids is 1. The second-order valence-corrected chi connectivity index (χ2v) is 4.60. The van der Waals surface area contributed by atoms with Gasteiger partial charge in [-0.1, -0.05) is 6.92 Å². The van der Waals surface area contributed by atoms with Gasteiger partial charge in [0, 0.05) is 18.7 Å². The fourth-order valence-electron chi connectivity index (χ4n) is 1.92. The molecule has 0 aliphatic carbocycles. The number of carbonyl (C=O) groups is 1. The number of methoxy groups -OCH3 is 2. The largest absolute Gasteiger partial charge is 0.467 e. The summed E-state index contributed by atoms with van der Waals surface area (Å²) < 4.78 is 23.1. The summed E-state index contributed by atoms with van der Waals surface area (Å²) in [4.78, 5) is 11.8. The highest BCUT2D eigenvalue weighted by Gasteiger charge is 2.26. The molecule has 1 aromatic carbocycles. The lowest BCUT2D eigenvalue weighted by molar-refractivity contribution is -0.143. The van der Waals surface area contributed by atoms with Crippen LogP contribution in [0.5, 0.6) is 0 Å². The predicted molar refractivity (Wildman–Crippen MR) is 71.6 cm³/mol. The minimum atomic E-state index is -0.578. The molecule has 0 saturated heterocycles. The van der Waals surface area contributed by atoms with E-state index in [9.17, 15) is 9.18 Å². The Morgan fingerprint density at radius 1 is 1.37 bits per heavy atom. The summed E-state index contributed by atoms with van der Waals surface area (Å²) in [5.41, 5.74) is 1.33. The molecule has 1 rings (SSSR count). The minimum Gasteiger partial charge on any atom is -0.467 e. The van der Waals surface area contributed by atoms with Gasteiger partial charge in [0.05, 0.1) is 13.7 Å². The minimum absolute atomic E-state index is 0.0963. The standard InChI is InChI=1S/C14H20FNO3/c1-9-5-11(15)7-12(6-9)16-13(14(17)19-4)10(2)8-18-3/h5-7,10,13,16H,8H2,1-4H3. The first kappa shape index (κ1) is 15.4. The zero-order valence-corrected chi connectivity index (χ0v) is 11.7. The molecule has 0 aromatic heterocycles. The molecule has 19 heavy (non-hydrogen) atoms. The van der Waals surface area contributed by atoms with Crippen LogP contribution < -0.4 is 5.32 Å². The highest BCUT2D eigenvalue weighted by Crippen LogP contribution is 2.17. The monoisotopic (exact) mass is 269 g/mol. The summed E-state index contributed by atoms with van der Waals surface area (Å²) in [5.74, 6) is -0.835. The van der Waals surface area contributed by atoms with Crippen molar-refractivity contribution in [2.75, 3.05) is 26.1 Å². The second kappa shape index (κ2) is 7.09. The van der Waals surface area contributed by atoms with Crippen molar-refractivity contribution in [2.24, 2.45) is 5.92 Å². The number of hydrogen-bond donors (Lipinski definition) is 1. The van der Waals surface area contributed by atoms with Crippen LogP contribution in [0.1, 0.15) is 12.5 Å². The SMILES string of the molecule is COCC(C)C(Nc1cc(C)cc(F)c1)C(=O)OC. The zero-order valence-electron chi connectivity index (χ0n) is 11.7. The Balaban J connectivity index is 2.90. The lowest BCUT2D eigenvalue weighted by Crippen LogP contribution is -2.38. The molecular weight excluding hydrogens is 249 g/mol. The third-order valence-electron chi connectivity index (χ3n) is 2.82. The number of benzene rings is 1. The van der Waals surface area contributed by atoms with Crippen LogP contribution in [-0.2, 0) is 14.3 Å². The number of anilines is 1. The van der Waals surface area contributed by atoms with Crippen LogP contribution in [-0.4, -0.2) is 32.8 Å². The van der Waals surface area contributed by atoms with Gasteiger partial charge in [-0.05, 0) is 30.7 Å². The Kier molecular flexibility index (Phi) is 5.76. The normalized spacial score (nSPS) is 13.7.